The van der Waals surface area contributed by atoms with Gasteiger partial charge in [0.05, 0.1) is 0 Å². The smallest absolute Gasteiger partial charge is 0.120 e. The van der Waals surface area contributed by atoms with E-state index >= 15 is 0 Å². The second-order valence-corrected chi connectivity index (χ2v) is 5.93. The zero-order chi connectivity index (χ0) is 14.6. The van der Waals surface area contributed by atoms with Crippen LogP contribution in [0.3, 0.4) is 0 Å². The molecule has 0 heterocycles. The Labute approximate surface area is 121 Å². The third-order valence-electron chi connectivity index (χ3n) is 3.17. The van der Waals surface area contributed by atoms with Gasteiger partial charge in [-0.1, -0.05) is 42.5 Å². The lowest BCUT2D eigenvalue weighted by atomic mass is 10.00. The van der Waals surface area contributed by atoms with Gasteiger partial charge in [0.15, 0.2) is 0 Å². The molecule has 2 heteroatoms. The van der Waals surface area contributed by atoms with Crippen LogP contribution >= 0.6 is 0 Å². The summed E-state index contributed by atoms with van der Waals surface area (Å²) in [5.41, 5.74) is 8.02. The van der Waals surface area contributed by atoms with Crippen LogP contribution in [0, 0.1) is 0 Å². The van der Waals surface area contributed by atoms with Crippen LogP contribution in [0.2, 0.25) is 0 Å². The molecule has 20 heavy (non-hydrogen) atoms. The summed E-state index contributed by atoms with van der Waals surface area (Å²) in [6.07, 6.45) is 0.827. The minimum absolute atomic E-state index is 0.133. The molecule has 0 saturated heterocycles. The van der Waals surface area contributed by atoms with Crippen molar-refractivity contribution in [2.24, 2.45) is 5.73 Å². The van der Waals surface area contributed by atoms with Crippen molar-refractivity contribution in [3.8, 4) is 16.9 Å². The van der Waals surface area contributed by atoms with Gasteiger partial charge in [-0.2, -0.15) is 0 Å². The lowest BCUT2D eigenvalue weighted by Crippen LogP contribution is -2.35. The van der Waals surface area contributed by atoms with Gasteiger partial charge < -0.3 is 10.5 Å². The predicted octanol–water partition coefficient (Wildman–Crippen LogP) is 4.25. The van der Waals surface area contributed by atoms with Crippen LogP contribution < -0.4 is 10.5 Å². The van der Waals surface area contributed by atoms with Crippen molar-refractivity contribution in [1.82, 2.24) is 0 Å². The van der Waals surface area contributed by atoms with Gasteiger partial charge in [-0.05, 0) is 44.0 Å². The molecule has 1 atom stereocenters. The van der Waals surface area contributed by atoms with Gasteiger partial charge in [0.2, 0.25) is 0 Å². The molecule has 0 aliphatic rings. The first kappa shape index (κ1) is 14.6. The van der Waals surface area contributed by atoms with Crippen LogP contribution in [0.15, 0.2) is 54.6 Å². The third-order valence-corrected chi connectivity index (χ3v) is 3.17. The van der Waals surface area contributed by atoms with Crippen LogP contribution in [-0.2, 0) is 0 Å². The van der Waals surface area contributed by atoms with Gasteiger partial charge in [-0.25, -0.2) is 0 Å². The molecule has 2 rings (SSSR count). The molecule has 106 valence electrons. The highest BCUT2D eigenvalue weighted by Gasteiger charge is 2.21. The van der Waals surface area contributed by atoms with Crippen molar-refractivity contribution in [3.05, 3.63) is 54.6 Å². The van der Waals surface area contributed by atoms with E-state index in [9.17, 15) is 0 Å². The topological polar surface area (TPSA) is 35.2 Å². The van der Waals surface area contributed by atoms with Crippen molar-refractivity contribution >= 4 is 0 Å². The minimum Gasteiger partial charge on any atom is -0.488 e. The van der Waals surface area contributed by atoms with E-state index in [-0.39, 0.29) is 11.6 Å². The lowest BCUT2D eigenvalue weighted by Gasteiger charge is -2.28. The Morgan fingerprint density at radius 3 is 2.05 bits per heavy atom. The monoisotopic (exact) mass is 269 g/mol. The maximum absolute atomic E-state index is 6.02. The molecule has 2 aromatic rings. The van der Waals surface area contributed by atoms with Crippen LogP contribution in [-0.4, -0.2) is 11.6 Å². The first-order valence-corrected chi connectivity index (χ1v) is 7.06. The summed E-state index contributed by atoms with van der Waals surface area (Å²) in [7, 11) is 0. The van der Waals surface area contributed by atoms with Gasteiger partial charge in [-0.15, -0.1) is 0 Å². The van der Waals surface area contributed by atoms with Crippen molar-refractivity contribution < 1.29 is 4.74 Å². The van der Waals surface area contributed by atoms with E-state index in [0.717, 1.165) is 12.2 Å². The Bertz CT molecular complexity index is 529. The summed E-state index contributed by atoms with van der Waals surface area (Å²) in [5, 5.41) is 0. The maximum Gasteiger partial charge on any atom is 0.120 e. The summed E-state index contributed by atoms with van der Waals surface area (Å²) >= 11 is 0. The Balaban J connectivity index is 2.09. The van der Waals surface area contributed by atoms with E-state index in [1.165, 1.54) is 11.1 Å². The van der Waals surface area contributed by atoms with Crippen LogP contribution in [0.5, 0.6) is 5.75 Å². The molecule has 0 aliphatic carbocycles. The minimum atomic E-state index is -0.248. The number of benzene rings is 2. The summed E-state index contributed by atoms with van der Waals surface area (Å²) in [4.78, 5) is 0. The number of hydrogen-bond donors (Lipinski definition) is 1. The van der Waals surface area contributed by atoms with Crippen LogP contribution in [0.4, 0.5) is 0 Å². The fraction of sp³-hybridized carbons (Fsp3) is 0.333. The summed E-state index contributed by atoms with van der Waals surface area (Å²) in [6.45, 7) is 6.15. The maximum atomic E-state index is 6.02. The van der Waals surface area contributed by atoms with Gasteiger partial charge >= 0.3 is 0 Å². The Hall–Kier alpha value is -1.80. The summed E-state index contributed by atoms with van der Waals surface area (Å²) < 4.78 is 6.02. The molecule has 2 aromatic carbocycles. The van der Waals surface area contributed by atoms with E-state index in [2.05, 4.69) is 38.1 Å². The van der Waals surface area contributed by atoms with Crippen LogP contribution in [0.25, 0.3) is 11.1 Å². The molecule has 0 bridgehead atoms. The Kier molecular flexibility index (Phi) is 4.46. The standard InChI is InChI=1S/C18H23NO/c1-14(19)13-18(2,3)20-17-11-9-16(10-12-17)15-7-5-4-6-8-15/h4-12,14H,13,19H2,1-3H3. The van der Waals surface area contributed by atoms with Crippen molar-refractivity contribution in [2.75, 3.05) is 0 Å². The van der Waals surface area contributed by atoms with Crippen molar-refractivity contribution in [3.63, 3.8) is 0 Å². The van der Waals surface area contributed by atoms with Gasteiger partial charge in [0.1, 0.15) is 11.4 Å². The lowest BCUT2D eigenvalue weighted by molar-refractivity contribution is 0.0933. The number of hydrogen-bond acceptors (Lipinski definition) is 2. The van der Waals surface area contributed by atoms with Crippen LogP contribution in [0.1, 0.15) is 27.2 Å². The summed E-state index contributed by atoms with van der Waals surface area (Å²) in [5.74, 6) is 0.885. The predicted molar refractivity (Wildman–Crippen MR) is 84.9 cm³/mol. The molecule has 0 radical (unpaired) electrons. The molecule has 0 fully saturated rings. The van der Waals surface area contributed by atoms with Crippen molar-refractivity contribution in [2.45, 2.75) is 38.8 Å². The SMILES string of the molecule is CC(N)CC(C)(C)Oc1ccc(-c2ccccc2)cc1. The largest absolute Gasteiger partial charge is 0.488 e. The van der Waals surface area contributed by atoms with Gasteiger partial charge in [0.25, 0.3) is 0 Å². The molecule has 0 amide bonds. The van der Waals surface area contributed by atoms with Gasteiger partial charge in [0, 0.05) is 12.5 Å². The molecule has 1 unspecified atom stereocenters. The molecular weight excluding hydrogens is 246 g/mol. The van der Waals surface area contributed by atoms with E-state index in [1.807, 2.05) is 37.3 Å². The molecule has 0 spiro atoms. The third kappa shape index (κ3) is 4.10. The second kappa shape index (κ2) is 6.10. The average Bonchev–Trinajstić information content (AvgIpc) is 2.38. The van der Waals surface area contributed by atoms with E-state index in [1.54, 1.807) is 0 Å². The quantitative estimate of drug-likeness (QED) is 0.880. The fourth-order valence-electron chi connectivity index (χ4n) is 2.48. The highest BCUT2D eigenvalue weighted by molar-refractivity contribution is 5.63. The normalized spacial score (nSPS) is 13.0. The summed E-state index contributed by atoms with van der Waals surface area (Å²) in [6, 6.07) is 18.7. The average molecular weight is 269 g/mol. The zero-order valence-corrected chi connectivity index (χ0v) is 12.5. The molecular formula is C18H23NO. The number of nitrogens with two attached hydrogens (primary N) is 1. The molecule has 0 aromatic heterocycles. The highest BCUT2D eigenvalue weighted by Crippen LogP contribution is 2.25. The van der Waals surface area contributed by atoms with Gasteiger partial charge in [-0.3, -0.25) is 0 Å². The van der Waals surface area contributed by atoms with Crippen molar-refractivity contribution in [1.29, 1.82) is 0 Å². The van der Waals surface area contributed by atoms with E-state index in [4.69, 9.17) is 10.5 Å². The van der Waals surface area contributed by atoms with E-state index in [0.29, 0.717) is 0 Å². The number of ether oxygens (including phenoxy) is 1. The zero-order valence-electron chi connectivity index (χ0n) is 12.5. The highest BCUT2D eigenvalue weighted by atomic mass is 16.5. The fourth-order valence-corrected chi connectivity index (χ4v) is 2.48. The second-order valence-electron chi connectivity index (χ2n) is 5.93. The number of rotatable bonds is 5. The van der Waals surface area contributed by atoms with E-state index < -0.39 is 0 Å². The first-order chi connectivity index (χ1) is 9.46. The molecule has 0 aliphatic heterocycles. The Morgan fingerprint density at radius 1 is 0.950 bits per heavy atom. The Morgan fingerprint density at radius 2 is 1.50 bits per heavy atom. The molecule has 2 nitrogen and oxygen atoms in total. The molecule has 0 saturated carbocycles. The first-order valence-electron chi connectivity index (χ1n) is 7.06. The molecule has 2 N–H and O–H groups in total.